The predicted octanol–water partition coefficient (Wildman–Crippen LogP) is 3.78. The number of hydrogen-bond donors (Lipinski definition) is 3. The molecule has 0 aliphatic carbocycles. The number of halogens is 1. The molecule has 0 bridgehead atoms. The zero-order valence-corrected chi connectivity index (χ0v) is 16.7. The highest BCUT2D eigenvalue weighted by molar-refractivity contribution is 5.77. The Morgan fingerprint density at radius 3 is 2.55 bits per heavy atom. The number of nitrogens with one attached hydrogen (secondary N) is 2. The SMILES string of the molecule is CC(CCNC(N)=NCCCc1cnc[nH]1)(c1ccccc1)c1ccc(F)cc1. The lowest BCUT2D eigenvalue weighted by molar-refractivity contribution is 0.512. The Hall–Kier alpha value is -3.15. The quantitative estimate of drug-likeness (QED) is 0.294. The smallest absolute Gasteiger partial charge is 0.188 e. The molecule has 2 aromatic carbocycles. The summed E-state index contributed by atoms with van der Waals surface area (Å²) in [6.45, 7) is 3.50. The summed E-state index contributed by atoms with van der Waals surface area (Å²) >= 11 is 0. The van der Waals surface area contributed by atoms with Gasteiger partial charge in [0.05, 0.1) is 6.33 Å². The summed E-state index contributed by atoms with van der Waals surface area (Å²) in [5.41, 5.74) is 9.12. The van der Waals surface area contributed by atoms with E-state index >= 15 is 0 Å². The molecule has 1 atom stereocenters. The minimum Gasteiger partial charge on any atom is -0.370 e. The van der Waals surface area contributed by atoms with Crippen molar-refractivity contribution in [2.75, 3.05) is 13.1 Å². The van der Waals surface area contributed by atoms with Crippen LogP contribution in [0, 0.1) is 5.82 Å². The second-order valence-electron chi connectivity index (χ2n) is 7.33. The first-order chi connectivity index (χ1) is 14.1. The van der Waals surface area contributed by atoms with Crippen molar-refractivity contribution >= 4 is 5.96 Å². The van der Waals surface area contributed by atoms with Gasteiger partial charge in [0.25, 0.3) is 0 Å². The average Bonchev–Trinajstić information content (AvgIpc) is 3.26. The summed E-state index contributed by atoms with van der Waals surface area (Å²) < 4.78 is 13.4. The van der Waals surface area contributed by atoms with Crippen molar-refractivity contribution in [1.82, 2.24) is 15.3 Å². The van der Waals surface area contributed by atoms with Gasteiger partial charge in [-0.2, -0.15) is 0 Å². The normalized spacial score (nSPS) is 13.8. The van der Waals surface area contributed by atoms with E-state index in [-0.39, 0.29) is 11.2 Å². The first-order valence-electron chi connectivity index (χ1n) is 9.90. The molecular formula is C23H28FN5. The number of benzene rings is 2. The fourth-order valence-corrected chi connectivity index (χ4v) is 3.47. The minimum absolute atomic E-state index is 0.228. The third-order valence-electron chi connectivity index (χ3n) is 5.26. The number of aryl methyl sites for hydroxylation is 1. The molecule has 0 saturated carbocycles. The van der Waals surface area contributed by atoms with E-state index in [2.05, 4.69) is 39.3 Å². The van der Waals surface area contributed by atoms with Gasteiger partial charge in [0.1, 0.15) is 5.82 Å². The fourth-order valence-electron chi connectivity index (χ4n) is 3.47. The van der Waals surface area contributed by atoms with E-state index in [9.17, 15) is 4.39 Å². The molecule has 29 heavy (non-hydrogen) atoms. The Balaban J connectivity index is 1.58. The minimum atomic E-state index is -0.261. The summed E-state index contributed by atoms with van der Waals surface area (Å²) in [6.07, 6.45) is 6.10. The number of aromatic nitrogens is 2. The number of H-pyrrole nitrogens is 1. The Morgan fingerprint density at radius 2 is 1.86 bits per heavy atom. The van der Waals surface area contributed by atoms with Crippen LogP contribution in [0.5, 0.6) is 0 Å². The highest BCUT2D eigenvalue weighted by Crippen LogP contribution is 2.35. The Labute approximate surface area is 171 Å². The van der Waals surface area contributed by atoms with Gasteiger partial charge in [0.2, 0.25) is 0 Å². The van der Waals surface area contributed by atoms with Crippen molar-refractivity contribution in [2.45, 2.75) is 31.6 Å². The largest absolute Gasteiger partial charge is 0.370 e. The molecular weight excluding hydrogens is 365 g/mol. The van der Waals surface area contributed by atoms with Crippen LogP contribution in [0.2, 0.25) is 0 Å². The highest BCUT2D eigenvalue weighted by atomic mass is 19.1. The molecule has 3 aromatic rings. The molecule has 3 rings (SSSR count). The molecule has 0 aliphatic heterocycles. The van der Waals surface area contributed by atoms with Gasteiger partial charge in [-0.1, -0.05) is 49.4 Å². The van der Waals surface area contributed by atoms with Gasteiger partial charge < -0.3 is 16.0 Å². The lowest BCUT2D eigenvalue weighted by atomic mass is 9.74. The van der Waals surface area contributed by atoms with Crippen LogP contribution < -0.4 is 11.1 Å². The molecule has 1 heterocycles. The van der Waals surface area contributed by atoms with E-state index in [1.54, 1.807) is 6.33 Å². The van der Waals surface area contributed by atoms with Crippen molar-refractivity contribution in [2.24, 2.45) is 10.7 Å². The molecule has 6 heteroatoms. The molecule has 0 radical (unpaired) electrons. The maximum absolute atomic E-state index is 13.4. The third-order valence-corrected chi connectivity index (χ3v) is 5.26. The number of nitrogens with zero attached hydrogens (tertiary/aromatic N) is 2. The highest BCUT2D eigenvalue weighted by Gasteiger charge is 2.28. The molecule has 5 nitrogen and oxygen atoms in total. The van der Waals surface area contributed by atoms with E-state index in [0.717, 1.165) is 30.5 Å². The lowest BCUT2D eigenvalue weighted by Crippen LogP contribution is -2.36. The lowest BCUT2D eigenvalue weighted by Gasteiger charge is -2.31. The number of nitrogens with two attached hydrogens (primary N) is 1. The van der Waals surface area contributed by atoms with Crippen LogP contribution in [0.1, 0.15) is 36.6 Å². The van der Waals surface area contributed by atoms with Gasteiger partial charge in [-0.05, 0) is 42.5 Å². The Bertz CT molecular complexity index is 891. The van der Waals surface area contributed by atoms with Crippen LogP contribution >= 0.6 is 0 Å². The molecule has 152 valence electrons. The maximum Gasteiger partial charge on any atom is 0.188 e. The fraction of sp³-hybridized carbons (Fsp3) is 0.304. The maximum atomic E-state index is 13.4. The van der Waals surface area contributed by atoms with Crippen LogP contribution in [0.3, 0.4) is 0 Å². The number of rotatable bonds is 9. The van der Waals surface area contributed by atoms with Crippen molar-refractivity contribution in [3.05, 3.63) is 89.8 Å². The zero-order chi connectivity index (χ0) is 20.5. The molecule has 0 aliphatic rings. The molecule has 0 amide bonds. The summed E-state index contributed by atoms with van der Waals surface area (Å²) in [6, 6.07) is 17.0. The van der Waals surface area contributed by atoms with E-state index in [0.29, 0.717) is 19.0 Å². The zero-order valence-electron chi connectivity index (χ0n) is 16.7. The Kier molecular flexibility index (Phi) is 7.00. The number of guanidine groups is 1. The third kappa shape index (κ3) is 5.67. The van der Waals surface area contributed by atoms with Crippen molar-refractivity contribution < 1.29 is 4.39 Å². The van der Waals surface area contributed by atoms with Crippen LogP contribution in [0.25, 0.3) is 0 Å². The summed E-state index contributed by atoms with van der Waals surface area (Å²) in [5.74, 6) is 0.220. The molecule has 1 unspecified atom stereocenters. The standard InChI is InChI=1S/C23H28FN5/c1-23(18-6-3-2-4-7-18,19-9-11-20(24)12-10-19)13-15-28-22(25)27-14-5-8-21-16-26-17-29-21/h2-4,6-7,9-12,16-17H,5,8,13-15H2,1H3,(H,26,29)(H3,25,27,28). The summed E-state index contributed by atoms with van der Waals surface area (Å²) in [5, 5.41) is 3.22. The van der Waals surface area contributed by atoms with E-state index < -0.39 is 0 Å². The Morgan fingerprint density at radius 1 is 1.14 bits per heavy atom. The van der Waals surface area contributed by atoms with E-state index in [1.807, 2.05) is 36.5 Å². The van der Waals surface area contributed by atoms with E-state index in [4.69, 9.17) is 5.73 Å². The molecule has 1 aromatic heterocycles. The second-order valence-corrected chi connectivity index (χ2v) is 7.33. The number of imidazole rings is 1. The van der Waals surface area contributed by atoms with Gasteiger partial charge in [-0.15, -0.1) is 0 Å². The predicted molar refractivity (Wildman–Crippen MR) is 115 cm³/mol. The average molecular weight is 394 g/mol. The van der Waals surface area contributed by atoms with Gasteiger partial charge in [0, 0.05) is 30.4 Å². The first kappa shape index (κ1) is 20.6. The molecule has 4 N–H and O–H groups in total. The van der Waals surface area contributed by atoms with Gasteiger partial charge in [-0.3, -0.25) is 4.99 Å². The van der Waals surface area contributed by atoms with Gasteiger partial charge >= 0.3 is 0 Å². The first-order valence-corrected chi connectivity index (χ1v) is 9.90. The van der Waals surface area contributed by atoms with Crippen LogP contribution in [0.15, 0.2) is 72.1 Å². The van der Waals surface area contributed by atoms with Crippen molar-refractivity contribution in [1.29, 1.82) is 0 Å². The van der Waals surface area contributed by atoms with Gasteiger partial charge in [-0.25, -0.2) is 9.37 Å². The summed E-state index contributed by atoms with van der Waals surface area (Å²) in [7, 11) is 0. The van der Waals surface area contributed by atoms with Gasteiger partial charge in [0.15, 0.2) is 5.96 Å². The second kappa shape index (κ2) is 9.87. The number of aliphatic imine (C=N–C) groups is 1. The molecule has 0 spiro atoms. The van der Waals surface area contributed by atoms with Crippen LogP contribution in [0.4, 0.5) is 4.39 Å². The number of aromatic amines is 1. The van der Waals surface area contributed by atoms with Crippen molar-refractivity contribution in [3.8, 4) is 0 Å². The van der Waals surface area contributed by atoms with Crippen molar-refractivity contribution in [3.63, 3.8) is 0 Å². The van der Waals surface area contributed by atoms with E-state index in [1.165, 1.54) is 17.7 Å². The van der Waals surface area contributed by atoms with Crippen LogP contribution in [-0.4, -0.2) is 29.0 Å². The summed E-state index contributed by atoms with van der Waals surface area (Å²) in [4.78, 5) is 11.5. The molecule has 0 fully saturated rings. The molecule has 0 saturated heterocycles. The van der Waals surface area contributed by atoms with Crippen LogP contribution in [-0.2, 0) is 11.8 Å². The number of hydrogen-bond acceptors (Lipinski definition) is 2. The monoisotopic (exact) mass is 393 g/mol. The topological polar surface area (TPSA) is 79.1 Å².